The number of nitrogens with two attached hydrogens (primary N) is 2. The number of fused-ring (bicyclic) bond motifs is 7. The Morgan fingerprint density at radius 1 is 0.850 bits per heavy atom. The Balaban J connectivity index is 1.50. The van der Waals surface area contributed by atoms with Gasteiger partial charge >= 0.3 is 0 Å². The molecule has 0 aromatic carbocycles. The van der Waals surface area contributed by atoms with Gasteiger partial charge in [-0.15, -0.1) is 0 Å². The first-order valence-corrected chi connectivity index (χ1v) is 9.12. The highest BCUT2D eigenvalue weighted by atomic mass is 14.9. The molecule has 0 amide bonds. The summed E-state index contributed by atoms with van der Waals surface area (Å²) in [7, 11) is 0. The van der Waals surface area contributed by atoms with Crippen molar-refractivity contribution in [1.29, 1.82) is 0 Å². The molecule has 2 nitrogen and oxygen atoms in total. The minimum absolute atomic E-state index is 0.279. The van der Waals surface area contributed by atoms with Crippen LogP contribution in [0.1, 0.15) is 39.0 Å². The summed E-state index contributed by atoms with van der Waals surface area (Å²) in [6.45, 7) is 2.51. The maximum atomic E-state index is 6.61. The molecule has 12 unspecified atom stereocenters. The van der Waals surface area contributed by atoms with Gasteiger partial charge in [-0.05, 0) is 90.8 Å². The Morgan fingerprint density at radius 3 is 2.55 bits per heavy atom. The maximum Gasteiger partial charge on any atom is 0.0252 e. The molecule has 0 aromatic rings. The van der Waals surface area contributed by atoms with E-state index in [2.05, 4.69) is 6.92 Å². The fourth-order valence-corrected chi connectivity index (χ4v) is 9.15. The van der Waals surface area contributed by atoms with E-state index in [1.54, 1.807) is 25.7 Å². The van der Waals surface area contributed by atoms with Gasteiger partial charge in [0.05, 0.1) is 0 Å². The molecule has 0 spiro atoms. The Bertz CT molecular complexity index is 490. The first-order chi connectivity index (χ1) is 9.61. The molecule has 0 aromatic heterocycles. The third kappa shape index (κ3) is 0.939. The quantitative estimate of drug-likeness (QED) is 0.710. The standard InChI is InChI=1S/C18H28N2/c1-18-6-12(16(19)17(18)20)14-11-5-9-7-2-3-8(13(9)11)10(4-7)15(14)18/h7-17H,2-6,19-20H2,1H3. The van der Waals surface area contributed by atoms with Gasteiger partial charge in [-0.3, -0.25) is 0 Å². The lowest BCUT2D eigenvalue weighted by Crippen LogP contribution is -2.69. The molecule has 0 heterocycles. The van der Waals surface area contributed by atoms with Crippen LogP contribution in [0.3, 0.4) is 0 Å². The van der Waals surface area contributed by atoms with Gasteiger partial charge in [0, 0.05) is 12.1 Å². The van der Waals surface area contributed by atoms with Gasteiger partial charge in [0.1, 0.15) is 0 Å². The molecular weight excluding hydrogens is 244 g/mol. The summed E-state index contributed by atoms with van der Waals surface area (Å²) in [5, 5.41) is 0. The smallest absolute Gasteiger partial charge is 0.0252 e. The van der Waals surface area contributed by atoms with Crippen molar-refractivity contribution in [3.8, 4) is 0 Å². The van der Waals surface area contributed by atoms with Crippen LogP contribution >= 0.6 is 0 Å². The predicted molar refractivity (Wildman–Crippen MR) is 78.6 cm³/mol. The van der Waals surface area contributed by atoms with Crippen molar-refractivity contribution in [3.63, 3.8) is 0 Å². The van der Waals surface area contributed by atoms with E-state index in [0.717, 1.165) is 53.3 Å². The van der Waals surface area contributed by atoms with E-state index in [4.69, 9.17) is 11.5 Å². The van der Waals surface area contributed by atoms with Gasteiger partial charge in [-0.25, -0.2) is 0 Å². The van der Waals surface area contributed by atoms with E-state index < -0.39 is 0 Å². The zero-order valence-electron chi connectivity index (χ0n) is 12.5. The molecule has 12 atom stereocenters. The van der Waals surface area contributed by atoms with Crippen molar-refractivity contribution in [2.75, 3.05) is 0 Å². The zero-order valence-corrected chi connectivity index (χ0v) is 12.5. The van der Waals surface area contributed by atoms with Gasteiger partial charge in [-0.2, -0.15) is 0 Å². The fourth-order valence-electron chi connectivity index (χ4n) is 9.15. The van der Waals surface area contributed by atoms with Crippen LogP contribution in [0.4, 0.5) is 0 Å². The number of rotatable bonds is 0. The van der Waals surface area contributed by atoms with Crippen LogP contribution in [0.15, 0.2) is 0 Å². The molecule has 7 fully saturated rings. The Hall–Kier alpha value is -0.0800. The summed E-state index contributed by atoms with van der Waals surface area (Å²) in [4.78, 5) is 0. The molecule has 0 radical (unpaired) electrons. The summed E-state index contributed by atoms with van der Waals surface area (Å²) in [5.41, 5.74) is 13.5. The molecule has 7 rings (SSSR count). The molecule has 6 bridgehead atoms. The highest BCUT2D eigenvalue weighted by molar-refractivity contribution is 5.24. The minimum atomic E-state index is 0.279. The third-order valence-corrected chi connectivity index (χ3v) is 9.60. The predicted octanol–water partition coefficient (Wildman–Crippen LogP) is 2.23. The summed E-state index contributed by atoms with van der Waals surface area (Å²) >= 11 is 0. The Labute approximate surface area is 122 Å². The molecule has 0 aliphatic heterocycles. The van der Waals surface area contributed by atoms with Crippen molar-refractivity contribution < 1.29 is 0 Å². The summed E-state index contributed by atoms with van der Waals surface area (Å²) < 4.78 is 0. The van der Waals surface area contributed by atoms with Gasteiger partial charge in [0.25, 0.3) is 0 Å². The average Bonchev–Trinajstić information content (AvgIpc) is 2.80. The van der Waals surface area contributed by atoms with Crippen molar-refractivity contribution >= 4 is 0 Å². The van der Waals surface area contributed by atoms with Crippen LogP contribution in [0.25, 0.3) is 0 Å². The van der Waals surface area contributed by atoms with E-state index >= 15 is 0 Å². The third-order valence-electron chi connectivity index (χ3n) is 9.60. The van der Waals surface area contributed by atoms with Crippen molar-refractivity contribution in [2.24, 2.45) is 70.1 Å². The first kappa shape index (κ1) is 11.5. The average molecular weight is 272 g/mol. The van der Waals surface area contributed by atoms with E-state index in [0.29, 0.717) is 11.5 Å². The molecule has 2 heteroatoms. The first-order valence-electron chi connectivity index (χ1n) is 9.12. The molecule has 20 heavy (non-hydrogen) atoms. The molecule has 0 saturated heterocycles. The SMILES string of the molecule is CC12CC(C(N)C1N)C1C3CC4C5CCC(C(C5)C12)C43. The van der Waals surface area contributed by atoms with Crippen molar-refractivity contribution in [1.82, 2.24) is 0 Å². The van der Waals surface area contributed by atoms with Crippen LogP contribution < -0.4 is 11.5 Å². The van der Waals surface area contributed by atoms with Gasteiger partial charge < -0.3 is 11.5 Å². The second-order valence-electron chi connectivity index (χ2n) is 9.62. The van der Waals surface area contributed by atoms with Crippen molar-refractivity contribution in [3.05, 3.63) is 0 Å². The van der Waals surface area contributed by atoms with E-state index in [9.17, 15) is 0 Å². The second-order valence-corrected chi connectivity index (χ2v) is 9.62. The highest BCUT2D eigenvalue weighted by Gasteiger charge is 2.74. The maximum absolute atomic E-state index is 6.61. The van der Waals surface area contributed by atoms with Gasteiger partial charge in [-0.1, -0.05) is 6.92 Å². The molecule has 7 aliphatic rings. The normalized spacial score (nSPS) is 75.5. The van der Waals surface area contributed by atoms with Crippen LogP contribution in [0, 0.1) is 58.7 Å². The zero-order chi connectivity index (χ0) is 13.4. The van der Waals surface area contributed by atoms with Crippen LogP contribution in [-0.4, -0.2) is 12.1 Å². The van der Waals surface area contributed by atoms with Crippen LogP contribution in [0.2, 0.25) is 0 Å². The lowest BCUT2D eigenvalue weighted by molar-refractivity contribution is -0.230. The lowest BCUT2D eigenvalue weighted by atomic mass is 9.33. The molecule has 4 N–H and O–H groups in total. The van der Waals surface area contributed by atoms with Gasteiger partial charge in [0.15, 0.2) is 0 Å². The lowest BCUT2D eigenvalue weighted by Gasteiger charge is -2.72. The second kappa shape index (κ2) is 3.15. The molecule has 7 aliphatic carbocycles. The van der Waals surface area contributed by atoms with E-state index in [1.165, 1.54) is 6.42 Å². The molecule has 110 valence electrons. The summed E-state index contributed by atoms with van der Waals surface area (Å²) in [6.07, 6.45) is 7.58. The summed E-state index contributed by atoms with van der Waals surface area (Å²) in [6, 6.07) is 0.581. The topological polar surface area (TPSA) is 52.0 Å². The molecule has 7 saturated carbocycles. The monoisotopic (exact) mass is 272 g/mol. The van der Waals surface area contributed by atoms with Gasteiger partial charge in [0.2, 0.25) is 0 Å². The van der Waals surface area contributed by atoms with E-state index in [1.807, 2.05) is 0 Å². The number of hydrogen-bond acceptors (Lipinski definition) is 2. The largest absolute Gasteiger partial charge is 0.326 e. The Morgan fingerprint density at radius 2 is 1.70 bits per heavy atom. The highest BCUT2D eigenvalue weighted by Crippen LogP contribution is 2.77. The fraction of sp³-hybridized carbons (Fsp3) is 1.00. The van der Waals surface area contributed by atoms with Crippen LogP contribution in [-0.2, 0) is 0 Å². The molecular formula is C18H28N2. The summed E-state index contributed by atoms with van der Waals surface area (Å²) in [5.74, 6) is 9.21. The minimum Gasteiger partial charge on any atom is -0.326 e. The van der Waals surface area contributed by atoms with Crippen molar-refractivity contribution in [2.45, 2.75) is 51.1 Å². The number of hydrogen-bond donors (Lipinski definition) is 2. The Kier molecular flexibility index (Phi) is 1.81. The van der Waals surface area contributed by atoms with Crippen LogP contribution in [0.5, 0.6) is 0 Å². The van der Waals surface area contributed by atoms with E-state index in [-0.39, 0.29) is 6.04 Å².